The van der Waals surface area contributed by atoms with E-state index in [0.717, 1.165) is 28.5 Å². The lowest BCUT2D eigenvalue weighted by Gasteiger charge is -2.19. The van der Waals surface area contributed by atoms with Gasteiger partial charge in [0.2, 0.25) is 0 Å². The molecule has 1 aromatic heterocycles. The number of pyridine rings is 1. The summed E-state index contributed by atoms with van der Waals surface area (Å²) in [5.74, 6) is -0.357. The number of rotatable bonds is 2. The minimum Gasteiger partial charge on any atom is -0.282 e. The van der Waals surface area contributed by atoms with Crippen LogP contribution < -0.4 is 5.32 Å². The van der Waals surface area contributed by atoms with Gasteiger partial charge in [-0.05, 0) is 46.0 Å². The molecule has 0 bridgehead atoms. The zero-order valence-corrected chi connectivity index (χ0v) is 14.6. The van der Waals surface area contributed by atoms with Gasteiger partial charge in [-0.2, -0.15) is 0 Å². The van der Waals surface area contributed by atoms with Crippen LogP contribution in [0.5, 0.6) is 0 Å². The number of hydrogen-bond donors (Lipinski definition) is 1. The van der Waals surface area contributed by atoms with Gasteiger partial charge in [0.15, 0.2) is 0 Å². The van der Waals surface area contributed by atoms with Gasteiger partial charge in [-0.15, -0.1) is 0 Å². The zero-order valence-electron chi connectivity index (χ0n) is 13.8. The van der Waals surface area contributed by atoms with Crippen LogP contribution in [0.2, 0.25) is 0 Å². The first-order valence-corrected chi connectivity index (χ1v) is 8.45. The third-order valence-corrected chi connectivity index (χ3v) is 4.59. The number of hydrogen-bond acceptors (Lipinski definition) is 4. The smallest absolute Gasteiger partial charge is 0.282 e. The molecule has 1 fully saturated rings. The Morgan fingerprint density at radius 1 is 1.04 bits per heavy atom. The third kappa shape index (κ3) is 3.57. The molecule has 0 aliphatic carbocycles. The van der Waals surface area contributed by atoms with Gasteiger partial charge in [0, 0.05) is 18.0 Å². The van der Waals surface area contributed by atoms with Crippen molar-refractivity contribution < 1.29 is 9.59 Å². The summed E-state index contributed by atoms with van der Waals surface area (Å²) < 4.78 is 0. The molecule has 1 N–H and O–H groups in total. The molecular weight excluding hydrogens is 320 g/mol. The average molecular weight is 338 g/mol. The van der Waals surface area contributed by atoms with Crippen molar-refractivity contribution in [1.29, 1.82) is 0 Å². The summed E-state index contributed by atoms with van der Waals surface area (Å²) >= 11 is 0.909. The van der Waals surface area contributed by atoms with E-state index in [1.807, 2.05) is 6.07 Å². The van der Waals surface area contributed by atoms with Gasteiger partial charge in [0.1, 0.15) is 0 Å². The first-order chi connectivity index (χ1) is 11.3. The molecule has 0 radical (unpaired) electrons. The molecule has 4 nitrogen and oxygen atoms in total. The lowest BCUT2D eigenvalue weighted by Crippen LogP contribution is -2.17. The predicted molar refractivity (Wildman–Crippen MR) is 97.5 cm³/mol. The number of imide groups is 1. The molecule has 2 amide bonds. The fraction of sp³-hybridized carbons (Fsp3) is 0.211. The topological polar surface area (TPSA) is 59.1 Å². The van der Waals surface area contributed by atoms with E-state index in [9.17, 15) is 9.59 Å². The number of nitrogens with zero attached hydrogens (tertiary/aromatic N) is 1. The highest BCUT2D eigenvalue weighted by molar-refractivity contribution is 8.18. The van der Waals surface area contributed by atoms with Gasteiger partial charge in [-0.3, -0.25) is 19.9 Å². The SMILES string of the molecule is CC(C)(C)c1ccc(-c2cncc(C=C3SC(=O)NC3=O)c2)cc1. The van der Waals surface area contributed by atoms with Crippen molar-refractivity contribution >= 4 is 29.0 Å². The van der Waals surface area contributed by atoms with E-state index in [4.69, 9.17) is 0 Å². The highest BCUT2D eigenvalue weighted by Crippen LogP contribution is 2.28. The molecule has 122 valence electrons. The molecule has 1 aromatic carbocycles. The molecule has 1 saturated heterocycles. The van der Waals surface area contributed by atoms with Crippen LogP contribution in [0, 0.1) is 0 Å². The van der Waals surface area contributed by atoms with Crippen molar-refractivity contribution in [3.05, 3.63) is 58.8 Å². The molecule has 24 heavy (non-hydrogen) atoms. The standard InChI is InChI=1S/C19H18N2O2S/c1-19(2,3)15-6-4-13(5-7-15)14-8-12(10-20-11-14)9-16-17(22)21-18(23)24-16/h4-11H,1-3H3,(H,21,22,23). The molecule has 0 unspecified atom stereocenters. The van der Waals surface area contributed by atoms with Crippen LogP contribution in [-0.4, -0.2) is 16.1 Å². The van der Waals surface area contributed by atoms with Crippen LogP contribution in [-0.2, 0) is 10.2 Å². The van der Waals surface area contributed by atoms with Crippen LogP contribution in [0.15, 0.2) is 47.6 Å². The largest absolute Gasteiger partial charge is 0.290 e. The first kappa shape index (κ1) is 16.5. The van der Waals surface area contributed by atoms with E-state index >= 15 is 0 Å². The molecule has 3 rings (SSSR count). The number of amides is 2. The van der Waals surface area contributed by atoms with Crippen LogP contribution in [0.1, 0.15) is 31.9 Å². The Labute approximate surface area is 145 Å². The quantitative estimate of drug-likeness (QED) is 0.826. The monoisotopic (exact) mass is 338 g/mol. The van der Waals surface area contributed by atoms with Gasteiger partial charge >= 0.3 is 0 Å². The Bertz CT molecular complexity index is 833. The van der Waals surface area contributed by atoms with Crippen molar-refractivity contribution in [1.82, 2.24) is 10.3 Å². The molecule has 1 aliphatic heterocycles. The van der Waals surface area contributed by atoms with Crippen LogP contribution in [0.4, 0.5) is 4.79 Å². The molecular formula is C19H18N2O2S. The number of thioether (sulfide) groups is 1. The normalized spacial score (nSPS) is 16.5. The minimum absolute atomic E-state index is 0.114. The molecule has 0 spiro atoms. The Kier molecular flexibility index (Phi) is 4.28. The van der Waals surface area contributed by atoms with Crippen LogP contribution >= 0.6 is 11.8 Å². The van der Waals surface area contributed by atoms with E-state index in [-0.39, 0.29) is 16.6 Å². The Balaban J connectivity index is 1.90. The minimum atomic E-state index is -0.357. The predicted octanol–water partition coefficient (Wildman–Crippen LogP) is 4.37. The highest BCUT2D eigenvalue weighted by atomic mass is 32.2. The van der Waals surface area contributed by atoms with Crippen molar-refractivity contribution in [2.24, 2.45) is 0 Å². The second kappa shape index (κ2) is 6.24. The van der Waals surface area contributed by atoms with Crippen LogP contribution in [0.3, 0.4) is 0 Å². The molecule has 0 atom stereocenters. The summed E-state index contributed by atoms with van der Waals surface area (Å²) in [7, 11) is 0. The van der Waals surface area contributed by atoms with Crippen molar-refractivity contribution in [3.63, 3.8) is 0 Å². The van der Waals surface area contributed by atoms with Gasteiger partial charge in [-0.25, -0.2) is 0 Å². The maximum atomic E-state index is 11.6. The number of nitrogens with one attached hydrogen (secondary N) is 1. The Morgan fingerprint density at radius 3 is 2.33 bits per heavy atom. The fourth-order valence-electron chi connectivity index (χ4n) is 2.43. The van der Waals surface area contributed by atoms with Gasteiger partial charge in [0.05, 0.1) is 4.91 Å². The molecule has 1 aliphatic rings. The maximum Gasteiger partial charge on any atom is 0.290 e. The Hall–Kier alpha value is -2.40. The highest BCUT2D eigenvalue weighted by Gasteiger charge is 2.24. The number of aromatic nitrogens is 1. The molecule has 2 aromatic rings. The zero-order chi connectivity index (χ0) is 17.3. The van der Waals surface area contributed by atoms with Crippen molar-refractivity contribution in [2.45, 2.75) is 26.2 Å². The maximum absolute atomic E-state index is 11.6. The van der Waals surface area contributed by atoms with E-state index in [2.05, 4.69) is 55.3 Å². The van der Waals surface area contributed by atoms with Crippen LogP contribution in [0.25, 0.3) is 17.2 Å². The Morgan fingerprint density at radius 2 is 1.75 bits per heavy atom. The van der Waals surface area contributed by atoms with E-state index in [1.165, 1.54) is 5.56 Å². The summed E-state index contributed by atoms with van der Waals surface area (Å²) in [6.45, 7) is 6.55. The summed E-state index contributed by atoms with van der Waals surface area (Å²) in [4.78, 5) is 27.5. The fourth-order valence-corrected chi connectivity index (χ4v) is 3.11. The summed E-state index contributed by atoms with van der Waals surface area (Å²) in [6, 6.07) is 10.4. The number of benzene rings is 1. The van der Waals surface area contributed by atoms with Gasteiger partial charge in [-0.1, -0.05) is 45.0 Å². The molecule has 2 heterocycles. The summed E-state index contributed by atoms with van der Waals surface area (Å²) in [5, 5.41) is 1.91. The second-order valence-electron chi connectivity index (χ2n) is 6.69. The van der Waals surface area contributed by atoms with Gasteiger partial charge in [0.25, 0.3) is 11.1 Å². The summed E-state index contributed by atoms with van der Waals surface area (Å²) in [6.07, 6.45) is 5.16. The van der Waals surface area contributed by atoms with Crippen molar-refractivity contribution in [3.8, 4) is 11.1 Å². The van der Waals surface area contributed by atoms with E-state index in [0.29, 0.717) is 4.91 Å². The number of carbonyl (C=O) groups excluding carboxylic acids is 2. The molecule has 0 saturated carbocycles. The average Bonchev–Trinajstić information content (AvgIpc) is 2.84. The van der Waals surface area contributed by atoms with Gasteiger partial charge < -0.3 is 0 Å². The summed E-state index contributed by atoms with van der Waals surface area (Å²) in [5.41, 5.74) is 4.22. The lowest BCUT2D eigenvalue weighted by atomic mass is 9.86. The van der Waals surface area contributed by atoms with E-state index < -0.39 is 0 Å². The van der Waals surface area contributed by atoms with Crippen molar-refractivity contribution in [2.75, 3.05) is 0 Å². The first-order valence-electron chi connectivity index (χ1n) is 7.64. The molecule has 5 heteroatoms. The lowest BCUT2D eigenvalue weighted by molar-refractivity contribution is -0.115. The third-order valence-electron chi connectivity index (χ3n) is 3.78. The van der Waals surface area contributed by atoms with E-state index in [1.54, 1.807) is 18.5 Å². The number of carbonyl (C=O) groups is 2. The second-order valence-corrected chi connectivity index (χ2v) is 7.70.